The molecule has 0 atom stereocenters. The Labute approximate surface area is 114 Å². The van der Waals surface area contributed by atoms with Crippen molar-refractivity contribution >= 4 is 15.9 Å². The Morgan fingerprint density at radius 2 is 2.28 bits per heavy atom. The Kier molecular flexibility index (Phi) is 2.92. The minimum Gasteiger partial charge on any atom is -0.342 e. The molecule has 90 valence electrons. The Balaban J connectivity index is 2.27. The largest absolute Gasteiger partial charge is 0.342 e. The van der Waals surface area contributed by atoms with Crippen molar-refractivity contribution in [2.75, 3.05) is 0 Å². The van der Waals surface area contributed by atoms with E-state index < -0.39 is 0 Å². The average Bonchev–Trinajstić information content (AvgIpc) is 2.71. The Morgan fingerprint density at radius 1 is 1.39 bits per heavy atom. The summed E-state index contributed by atoms with van der Waals surface area (Å²) in [5.41, 5.74) is 4.10. The van der Waals surface area contributed by atoms with Gasteiger partial charge in [0.05, 0.1) is 15.7 Å². The molecule has 2 aromatic heterocycles. The van der Waals surface area contributed by atoms with Crippen molar-refractivity contribution < 1.29 is 0 Å². The predicted octanol–water partition coefficient (Wildman–Crippen LogP) is 3.52. The van der Waals surface area contributed by atoms with Crippen LogP contribution in [0.3, 0.4) is 0 Å². The molecule has 3 rings (SSSR count). The third-order valence-corrected chi connectivity index (χ3v) is 4.18. The Bertz CT molecular complexity index is 623. The molecule has 0 aromatic carbocycles. The molecular formula is C14H12BrN3. The summed E-state index contributed by atoms with van der Waals surface area (Å²) >= 11 is 3.59. The lowest BCUT2D eigenvalue weighted by atomic mass is 10.1. The summed E-state index contributed by atoms with van der Waals surface area (Å²) < 4.78 is 3.18. The molecule has 0 spiro atoms. The molecule has 18 heavy (non-hydrogen) atoms. The predicted molar refractivity (Wildman–Crippen MR) is 73.0 cm³/mol. The van der Waals surface area contributed by atoms with Crippen LogP contribution in [0.2, 0.25) is 0 Å². The molecule has 1 aliphatic rings. The Morgan fingerprint density at radius 3 is 3.00 bits per heavy atom. The minimum absolute atomic E-state index is 0.786. The Hall–Kier alpha value is -1.60. The van der Waals surface area contributed by atoms with Gasteiger partial charge in [-0.25, -0.2) is 0 Å². The van der Waals surface area contributed by atoms with E-state index in [0.717, 1.165) is 46.4 Å². The van der Waals surface area contributed by atoms with Gasteiger partial charge in [0.1, 0.15) is 6.07 Å². The van der Waals surface area contributed by atoms with Gasteiger partial charge in [-0.2, -0.15) is 5.26 Å². The number of fused-ring (bicyclic) bond motifs is 1. The van der Waals surface area contributed by atoms with E-state index in [1.807, 2.05) is 18.3 Å². The first-order chi connectivity index (χ1) is 8.83. The molecule has 0 amide bonds. The van der Waals surface area contributed by atoms with E-state index in [4.69, 9.17) is 0 Å². The van der Waals surface area contributed by atoms with Crippen LogP contribution in [0.15, 0.2) is 29.0 Å². The summed E-state index contributed by atoms with van der Waals surface area (Å²) in [6.45, 7) is 0.986. The normalized spacial score (nSPS) is 14.0. The summed E-state index contributed by atoms with van der Waals surface area (Å²) in [7, 11) is 0. The SMILES string of the molecule is N#Cc1c(Br)c(-c2cccnc2)n2c1CCCC2. The monoisotopic (exact) mass is 301 g/mol. The highest BCUT2D eigenvalue weighted by atomic mass is 79.9. The summed E-state index contributed by atoms with van der Waals surface area (Å²) in [5, 5.41) is 9.33. The van der Waals surface area contributed by atoms with E-state index >= 15 is 0 Å². The van der Waals surface area contributed by atoms with E-state index in [1.165, 1.54) is 6.42 Å². The molecule has 0 fully saturated rings. The third kappa shape index (κ3) is 1.67. The van der Waals surface area contributed by atoms with Crippen LogP contribution in [0.4, 0.5) is 0 Å². The van der Waals surface area contributed by atoms with Crippen molar-refractivity contribution in [3.63, 3.8) is 0 Å². The van der Waals surface area contributed by atoms with Gasteiger partial charge in [-0.15, -0.1) is 0 Å². The molecule has 0 saturated carbocycles. The summed E-state index contributed by atoms with van der Waals surface area (Å²) in [4.78, 5) is 4.17. The van der Waals surface area contributed by atoms with Crippen molar-refractivity contribution in [1.29, 1.82) is 5.26 Å². The quantitative estimate of drug-likeness (QED) is 0.808. The van der Waals surface area contributed by atoms with Gasteiger partial charge in [-0.3, -0.25) is 4.98 Å². The van der Waals surface area contributed by atoms with Gasteiger partial charge < -0.3 is 4.57 Å². The number of nitriles is 1. The van der Waals surface area contributed by atoms with Crippen LogP contribution in [0.25, 0.3) is 11.3 Å². The maximum absolute atomic E-state index is 9.33. The summed E-state index contributed by atoms with van der Waals surface area (Å²) in [6.07, 6.45) is 6.94. The zero-order valence-electron chi connectivity index (χ0n) is 9.86. The first-order valence-corrected chi connectivity index (χ1v) is 6.83. The van der Waals surface area contributed by atoms with Crippen molar-refractivity contribution in [3.05, 3.63) is 40.3 Å². The van der Waals surface area contributed by atoms with Gasteiger partial charge in [0.2, 0.25) is 0 Å². The summed E-state index contributed by atoms with van der Waals surface area (Å²) in [6, 6.07) is 6.29. The van der Waals surface area contributed by atoms with Gasteiger partial charge in [-0.05, 0) is 47.3 Å². The van der Waals surface area contributed by atoms with Crippen LogP contribution < -0.4 is 0 Å². The lowest BCUT2D eigenvalue weighted by molar-refractivity contribution is 0.536. The first kappa shape index (κ1) is 11.5. The van der Waals surface area contributed by atoms with Gasteiger partial charge in [0, 0.05) is 30.2 Å². The topological polar surface area (TPSA) is 41.6 Å². The van der Waals surface area contributed by atoms with Crippen LogP contribution >= 0.6 is 15.9 Å². The smallest absolute Gasteiger partial charge is 0.102 e. The van der Waals surface area contributed by atoms with Gasteiger partial charge >= 0.3 is 0 Å². The molecule has 0 N–H and O–H groups in total. The molecule has 2 aromatic rings. The number of hydrogen-bond acceptors (Lipinski definition) is 2. The molecule has 0 aliphatic carbocycles. The van der Waals surface area contributed by atoms with Gasteiger partial charge in [-0.1, -0.05) is 0 Å². The fourth-order valence-electron chi connectivity index (χ4n) is 2.60. The van der Waals surface area contributed by atoms with Crippen molar-refractivity contribution in [3.8, 4) is 17.3 Å². The van der Waals surface area contributed by atoms with Gasteiger partial charge in [0.25, 0.3) is 0 Å². The fraction of sp³-hybridized carbons (Fsp3) is 0.286. The van der Waals surface area contributed by atoms with E-state index in [1.54, 1.807) is 6.20 Å². The molecule has 1 aliphatic heterocycles. The molecule has 3 nitrogen and oxygen atoms in total. The van der Waals surface area contributed by atoms with Crippen LogP contribution in [-0.4, -0.2) is 9.55 Å². The maximum Gasteiger partial charge on any atom is 0.102 e. The van der Waals surface area contributed by atoms with E-state index in [0.29, 0.717) is 0 Å². The van der Waals surface area contributed by atoms with E-state index in [2.05, 4.69) is 31.6 Å². The summed E-state index contributed by atoms with van der Waals surface area (Å²) in [5.74, 6) is 0. The number of rotatable bonds is 1. The second-order valence-corrected chi connectivity index (χ2v) is 5.24. The highest BCUT2D eigenvalue weighted by Crippen LogP contribution is 2.37. The lowest BCUT2D eigenvalue weighted by Crippen LogP contribution is -2.11. The number of aromatic nitrogens is 2. The average molecular weight is 302 g/mol. The van der Waals surface area contributed by atoms with Crippen molar-refractivity contribution in [2.24, 2.45) is 0 Å². The van der Waals surface area contributed by atoms with E-state index in [9.17, 15) is 5.26 Å². The number of pyridine rings is 1. The highest BCUT2D eigenvalue weighted by molar-refractivity contribution is 9.10. The minimum atomic E-state index is 0.786. The van der Waals surface area contributed by atoms with Crippen molar-refractivity contribution in [2.45, 2.75) is 25.8 Å². The van der Waals surface area contributed by atoms with Crippen LogP contribution in [0, 0.1) is 11.3 Å². The standard InChI is InChI=1S/C14H12BrN3/c15-13-11(8-16)12-5-1-2-7-18(12)14(13)10-4-3-6-17-9-10/h3-4,6,9H,1-2,5,7H2. The second-order valence-electron chi connectivity index (χ2n) is 4.45. The first-order valence-electron chi connectivity index (χ1n) is 6.04. The number of nitrogens with zero attached hydrogens (tertiary/aromatic N) is 3. The number of halogens is 1. The number of hydrogen-bond donors (Lipinski definition) is 0. The highest BCUT2D eigenvalue weighted by Gasteiger charge is 2.23. The van der Waals surface area contributed by atoms with Crippen molar-refractivity contribution in [1.82, 2.24) is 9.55 Å². The zero-order chi connectivity index (χ0) is 12.5. The molecule has 3 heterocycles. The van der Waals surface area contributed by atoms with Crippen LogP contribution in [0.1, 0.15) is 24.1 Å². The third-order valence-electron chi connectivity index (χ3n) is 3.40. The molecular weight excluding hydrogens is 290 g/mol. The second kappa shape index (κ2) is 4.58. The fourth-order valence-corrected chi connectivity index (χ4v) is 3.36. The van der Waals surface area contributed by atoms with E-state index in [-0.39, 0.29) is 0 Å². The zero-order valence-corrected chi connectivity index (χ0v) is 11.4. The lowest BCUT2D eigenvalue weighted by Gasteiger charge is -2.18. The molecule has 0 bridgehead atoms. The molecule has 4 heteroatoms. The van der Waals surface area contributed by atoms with Gasteiger partial charge in [0.15, 0.2) is 0 Å². The molecule has 0 unspecified atom stereocenters. The van der Waals surface area contributed by atoms with Crippen LogP contribution in [-0.2, 0) is 13.0 Å². The van der Waals surface area contributed by atoms with Crippen LogP contribution in [0.5, 0.6) is 0 Å². The molecule has 0 saturated heterocycles. The molecule has 0 radical (unpaired) electrons. The maximum atomic E-state index is 9.33.